The lowest BCUT2D eigenvalue weighted by atomic mass is 9.94. The Labute approximate surface area is 136 Å². The fraction of sp³-hybridized carbons (Fsp3) is 0.562. The first-order valence-corrected chi connectivity index (χ1v) is 8.13. The van der Waals surface area contributed by atoms with Crippen molar-refractivity contribution in [2.45, 2.75) is 51.2 Å². The predicted octanol–water partition coefficient (Wildman–Crippen LogP) is 4.55. The minimum Gasteiger partial charge on any atom is -0.479 e. The van der Waals surface area contributed by atoms with Crippen LogP contribution in [0.1, 0.15) is 39.0 Å². The van der Waals surface area contributed by atoms with Crippen LogP contribution < -0.4 is 4.74 Å². The van der Waals surface area contributed by atoms with Gasteiger partial charge in [-0.3, -0.25) is 4.79 Å². The summed E-state index contributed by atoms with van der Waals surface area (Å²) < 4.78 is 5.69. The molecule has 0 spiro atoms. The minimum absolute atomic E-state index is 0.0158. The Morgan fingerprint density at radius 1 is 1.29 bits per heavy atom. The highest BCUT2D eigenvalue weighted by atomic mass is 35.5. The molecule has 1 atom stereocenters. The maximum Gasteiger partial charge on any atom is 0.263 e. The van der Waals surface area contributed by atoms with Gasteiger partial charge in [-0.15, -0.1) is 0 Å². The van der Waals surface area contributed by atoms with Crippen molar-refractivity contribution < 1.29 is 9.53 Å². The van der Waals surface area contributed by atoms with Crippen LogP contribution in [0.5, 0.6) is 5.75 Å². The van der Waals surface area contributed by atoms with Gasteiger partial charge in [0, 0.05) is 13.1 Å². The van der Waals surface area contributed by atoms with E-state index in [9.17, 15) is 4.79 Å². The van der Waals surface area contributed by atoms with Crippen LogP contribution in [-0.2, 0) is 4.79 Å². The average Bonchev–Trinajstić information content (AvgIpc) is 2.51. The zero-order valence-corrected chi connectivity index (χ0v) is 14.0. The lowest BCUT2D eigenvalue weighted by Crippen LogP contribution is -2.44. The van der Waals surface area contributed by atoms with Crippen molar-refractivity contribution in [3.8, 4) is 5.75 Å². The Kier molecular flexibility index (Phi) is 5.77. The lowest BCUT2D eigenvalue weighted by Gasteiger charge is -2.33. The van der Waals surface area contributed by atoms with Gasteiger partial charge in [-0.1, -0.05) is 48.5 Å². The van der Waals surface area contributed by atoms with E-state index in [0.717, 1.165) is 12.8 Å². The predicted molar refractivity (Wildman–Crippen MR) is 86.2 cm³/mol. The number of carbonyl (C=O) groups is 1. The summed E-state index contributed by atoms with van der Waals surface area (Å²) in [5.41, 5.74) is 0. The second-order valence-corrected chi connectivity index (χ2v) is 6.34. The van der Waals surface area contributed by atoms with E-state index >= 15 is 0 Å². The highest BCUT2D eigenvalue weighted by molar-refractivity contribution is 6.42. The summed E-state index contributed by atoms with van der Waals surface area (Å²) in [5.74, 6) is 0.431. The van der Waals surface area contributed by atoms with Gasteiger partial charge in [0.1, 0.15) is 10.8 Å². The molecular weight excluding hydrogens is 309 g/mol. The van der Waals surface area contributed by atoms with E-state index in [1.807, 2.05) is 11.9 Å². The van der Waals surface area contributed by atoms with Crippen LogP contribution in [0, 0.1) is 0 Å². The number of amides is 1. The molecule has 3 nitrogen and oxygen atoms in total. The summed E-state index contributed by atoms with van der Waals surface area (Å²) >= 11 is 12.0. The van der Waals surface area contributed by atoms with Crippen molar-refractivity contribution in [2.75, 3.05) is 7.05 Å². The molecule has 1 aromatic carbocycles. The van der Waals surface area contributed by atoms with Crippen LogP contribution >= 0.6 is 23.2 Å². The van der Waals surface area contributed by atoms with E-state index in [4.69, 9.17) is 27.9 Å². The number of hydrogen-bond acceptors (Lipinski definition) is 2. The summed E-state index contributed by atoms with van der Waals surface area (Å²) in [5, 5.41) is 0.772. The molecule has 1 aliphatic rings. The molecule has 0 saturated heterocycles. The normalized spacial score (nSPS) is 17.3. The van der Waals surface area contributed by atoms with Crippen LogP contribution in [0.25, 0.3) is 0 Å². The van der Waals surface area contributed by atoms with E-state index < -0.39 is 6.10 Å². The monoisotopic (exact) mass is 329 g/mol. The summed E-state index contributed by atoms with van der Waals surface area (Å²) in [6.45, 7) is 1.75. The van der Waals surface area contributed by atoms with Gasteiger partial charge in [-0.2, -0.15) is 0 Å². The summed E-state index contributed by atoms with van der Waals surface area (Å²) in [7, 11) is 1.86. The van der Waals surface area contributed by atoms with Gasteiger partial charge in [-0.25, -0.2) is 0 Å². The van der Waals surface area contributed by atoms with Gasteiger partial charge in [-0.05, 0) is 31.9 Å². The Morgan fingerprint density at radius 3 is 2.62 bits per heavy atom. The lowest BCUT2D eigenvalue weighted by molar-refractivity contribution is -0.139. The van der Waals surface area contributed by atoms with Gasteiger partial charge in [0.15, 0.2) is 6.10 Å². The molecule has 1 saturated carbocycles. The molecule has 1 amide bonds. The van der Waals surface area contributed by atoms with E-state index in [0.29, 0.717) is 21.8 Å². The zero-order chi connectivity index (χ0) is 15.4. The molecule has 0 N–H and O–H groups in total. The maximum absolute atomic E-state index is 12.5. The van der Waals surface area contributed by atoms with E-state index in [-0.39, 0.29) is 5.91 Å². The number of halogens is 2. The molecule has 1 fully saturated rings. The fourth-order valence-corrected chi connectivity index (χ4v) is 3.09. The first-order chi connectivity index (χ1) is 10.0. The first kappa shape index (κ1) is 16.4. The number of benzene rings is 1. The van der Waals surface area contributed by atoms with Crippen molar-refractivity contribution in [3.05, 3.63) is 28.2 Å². The van der Waals surface area contributed by atoms with Crippen LogP contribution in [0.4, 0.5) is 0 Å². The number of rotatable bonds is 4. The number of carbonyl (C=O) groups excluding carboxylic acids is 1. The van der Waals surface area contributed by atoms with Crippen LogP contribution in [0.3, 0.4) is 0 Å². The van der Waals surface area contributed by atoms with Crippen LogP contribution in [0.15, 0.2) is 18.2 Å². The third kappa shape index (κ3) is 4.04. The number of ether oxygens (including phenoxy) is 1. The molecule has 0 heterocycles. The summed E-state index contributed by atoms with van der Waals surface area (Å²) in [6, 6.07) is 5.49. The molecule has 2 rings (SSSR count). The second-order valence-electron chi connectivity index (χ2n) is 5.55. The molecule has 1 aliphatic carbocycles. The molecule has 5 heteroatoms. The Morgan fingerprint density at radius 2 is 1.95 bits per heavy atom. The van der Waals surface area contributed by atoms with Crippen LogP contribution in [0.2, 0.25) is 10.0 Å². The van der Waals surface area contributed by atoms with Gasteiger partial charge in [0.05, 0.1) is 5.02 Å². The summed E-state index contributed by atoms with van der Waals surface area (Å²) in [4.78, 5) is 14.3. The highest BCUT2D eigenvalue weighted by Gasteiger charge is 2.27. The third-order valence-corrected chi connectivity index (χ3v) is 4.84. The molecule has 0 aliphatic heterocycles. The molecule has 0 radical (unpaired) electrons. The van der Waals surface area contributed by atoms with Crippen molar-refractivity contribution in [1.82, 2.24) is 4.90 Å². The van der Waals surface area contributed by atoms with Crippen molar-refractivity contribution >= 4 is 29.1 Å². The standard InChI is InChI=1S/C16H21Cl2NO2/c1-11(21-14-10-6-9-13(17)15(14)18)16(20)19(2)12-7-4-3-5-8-12/h6,9-12H,3-5,7-8H2,1-2H3. The smallest absolute Gasteiger partial charge is 0.263 e. The van der Waals surface area contributed by atoms with Gasteiger partial charge in [0.2, 0.25) is 0 Å². The number of hydrogen-bond donors (Lipinski definition) is 0. The molecule has 0 bridgehead atoms. The number of nitrogens with zero attached hydrogens (tertiary/aromatic N) is 1. The first-order valence-electron chi connectivity index (χ1n) is 7.38. The van der Waals surface area contributed by atoms with Gasteiger partial charge >= 0.3 is 0 Å². The highest BCUT2D eigenvalue weighted by Crippen LogP contribution is 2.32. The van der Waals surface area contributed by atoms with E-state index in [1.165, 1.54) is 19.3 Å². The average molecular weight is 330 g/mol. The quantitative estimate of drug-likeness (QED) is 0.810. The molecule has 21 heavy (non-hydrogen) atoms. The van der Waals surface area contributed by atoms with Gasteiger partial charge in [0.25, 0.3) is 5.91 Å². The van der Waals surface area contributed by atoms with Crippen molar-refractivity contribution in [1.29, 1.82) is 0 Å². The topological polar surface area (TPSA) is 29.5 Å². The van der Waals surface area contributed by atoms with E-state index in [2.05, 4.69) is 0 Å². The fourth-order valence-electron chi connectivity index (χ4n) is 2.75. The zero-order valence-electron chi connectivity index (χ0n) is 12.4. The van der Waals surface area contributed by atoms with Crippen molar-refractivity contribution in [2.24, 2.45) is 0 Å². The Hall–Kier alpha value is -0.930. The third-order valence-electron chi connectivity index (χ3n) is 4.04. The SMILES string of the molecule is CC(Oc1cccc(Cl)c1Cl)C(=O)N(C)C1CCCCC1. The molecule has 116 valence electrons. The van der Waals surface area contributed by atoms with Crippen molar-refractivity contribution in [3.63, 3.8) is 0 Å². The van der Waals surface area contributed by atoms with E-state index in [1.54, 1.807) is 25.1 Å². The number of likely N-dealkylation sites (N-methyl/N-ethyl adjacent to an activating group) is 1. The second kappa shape index (κ2) is 7.37. The Balaban J connectivity index is 2.00. The molecule has 0 aromatic heterocycles. The molecular formula is C16H21Cl2NO2. The van der Waals surface area contributed by atoms with Gasteiger partial charge < -0.3 is 9.64 Å². The Bertz CT molecular complexity index is 501. The molecule has 1 unspecified atom stereocenters. The minimum atomic E-state index is -0.576. The maximum atomic E-state index is 12.5. The summed E-state index contributed by atoms with van der Waals surface area (Å²) in [6.07, 6.45) is 5.23. The van der Waals surface area contributed by atoms with Crippen LogP contribution in [-0.4, -0.2) is 30.0 Å². The largest absolute Gasteiger partial charge is 0.479 e. The molecule has 1 aromatic rings.